The third-order valence-corrected chi connectivity index (χ3v) is 4.40. The van der Waals surface area contributed by atoms with Gasteiger partial charge in [0.15, 0.2) is 5.69 Å². The number of carbonyl (C=O) groups excluding carboxylic acids is 2. The van der Waals surface area contributed by atoms with Crippen molar-refractivity contribution >= 4 is 11.8 Å². The number of nitrogens with one attached hydrogen (secondary N) is 2. The predicted octanol–water partition coefficient (Wildman–Crippen LogP) is 1.74. The lowest BCUT2D eigenvalue weighted by Crippen LogP contribution is -2.37. The molecule has 4 rings (SSSR count). The van der Waals surface area contributed by atoms with Crippen LogP contribution in [0.3, 0.4) is 0 Å². The smallest absolute Gasteiger partial charge is 0.274 e. The van der Waals surface area contributed by atoms with E-state index in [0.29, 0.717) is 18.8 Å². The largest absolute Gasteiger partial charge is 0.341 e. The Kier molecular flexibility index (Phi) is 4.18. The highest BCUT2D eigenvalue weighted by atomic mass is 16.2. The molecule has 0 spiro atoms. The summed E-state index contributed by atoms with van der Waals surface area (Å²) in [6.07, 6.45) is 0. The average Bonchev–Trinajstić information content (AvgIpc) is 3.33. The molecule has 0 unspecified atom stereocenters. The molecular formula is C19H17N5O2. The van der Waals surface area contributed by atoms with Crippen molar-refractivity contribution in [1.82, 2.24) is 25.6 Å². The van der Waals surface area contributed by atoms with Crippen molar-refractivity contribution in [3.63, 3.8) is 0 Å². The molecule has 2 amide bonds. The lowest BCUT2D eigenvalue weighted by Gasteiger charge is -2.15. The van der Waals surface area contributed by atoms with Crippen LogP contribution >= 0.6 is 0 Å². The normalized spacial score (nSPS) is 12.7. The van der Waals surface area contributed by atoms with Gasteiger partial charge in [-0.05, 0) is 11.1 Å². The van der Waals surface area contributed by atoms with Crippen molar-refractivity contribution in [3.8, 4) is 11.3 Å². The van der Waals surface area contributed by atoms with Crippen LogP contribution < -0.4 is 5.32 Å². The number of fused-ring (bicyclic) bond motifs is 1. The second kappa shape index (κ2) is 6.79. The maximum Gasteiger partial charge on any atom is 0.274 e. The van der Waals surface area contributed by atoms with E-state index in [-0.39, 0.29) is 18.1 Å². The van der Waals surface area contributed by atoms with E-state index in [4.69, 9.17) is 0 Å². The lowest BCUT2D eigenvalue weighted by molar-refractivity contribution is -0.130. The van der Waals surface area contributed by atoms with Crippen molar-refractivity contribution in [1.29, 1.82) is 0 Å². The van der Waals surface area contributed by atoms with E-state index in [1.165, 1.54) is 0 Å². The number of amides is 2. The molecule has 2 heterocycles. The number of nitrogens with zero attached hydrogens (tertiary/aromatic N) is 3. The Bertz CT molecular complexity index is 926. The van der Waals surface area contributed by atoms with Gasteiger partial charge in [0.25, 0.3) is 5.91 Å². The van der Waals surface area contributed by atoms with Gasteiger partial charge in [0.1, 0.15) is 5.69 Å². The van der Waals surface area contributed by atoms with Gasteiger partial charge < -0.3 is 10.2 Å². The molecule has 2 aromatic carbocycles. The molecule has 0 radical (unpaired) electrons. The summed E-state index contributed by atoms with van der Waals surface area (Å²) in [6.45, 7) is 1.07. The molecule has 0 fully saturated rings. The Morgan fingerprint density at radius 3 is 2.31 bits per heavy atom. The van der Waals surface area contributed by atoms with Gasteiger partial charge >= 0.3 is 0 Å². The Morgan fingerprint density at radius 1 is 0.962 bits per heavy atom. The molecule has 0 bridgehead atoms. The van der Waals surface area contributed by atoms with Gasteiger partial charge in [-0.3, -0.25) is 9.59 Å². The number of aromatic amines is 1. The highest BCUT2D eigenvalue weighted by Crippen LogP contribution is 2.22. The van der Waals surface area contributed by atoms with Crippen LogP contribution in [0.4, 0.5) is 0 Å². The zero-order valence-electron chi connectivity index (χ0n) is 14.0. The lowest BCUT2D eigenvalue weighted by atomic mass is 10.1. The zero-order valence-corrected chi connectivity index (χ0v) is 14.0. The van der Waals surface area contributed by atoms with E-state index in [0.717, 1.165) is 16.7 Å². The molecule has 7 nitrogen and oxygen atoms in total. The van der Waals surface area contributed by atoms with Crippen LogP contribution in [0.25, 0.3) is 11.3 Å². The summed E-state index contributed by atoms with van der Waals surface area (Å²) < 4.78 is 0. The minimum Gasteiger partial charge on any atom is -0.341 e. The molecule has 2 N–H and O–H groups in total. The number of H-pyrrole nitrogens is 1. The van der Waals surface area contributed by atoms with E-state index in [1.54, 1.807) is 4.90 Å². The first-order chi connectivity index (χ1) is 12.7. The van der Waals surface area contributed by atoms with Gasteiger partial charge in [-0.2, -0.15) is 15.4 Å². The van der Waals surface area contributed by atoms with Crippen LogP contribution in [0.5, 0.6) is 0 Å². The summed E-state index contributed by atoms with van der Waals surface area (Å²) in [4.78, 5) is 26.6. The summed E-state index contributed by atoms with van der Waals surface area (Å²) in [7, 11) is 0. The van der Waals surface area contributed by atoms with Crippen LogP contribution in [-0.2, 0) is 17.9 Å². The quantitative estimate of drug-likeness (QED) is 0.752. The van der Waals surface area contributed by atoms with Gasteiger partial charge in [-0.25, -0.2) is 0 Å². The number of rotatable bonds is 4. The van der Waals surface area contributed by atoms with Crippen molar-refractivity contribution in [2.24, 2.45) is 0 Å². The number of hydrogen-bond acceptors (Lipinski definition) is 4. The molecule has 26 heavy (non-hydrogen) atoms. The number of benzene rings is 2. The van der Waals surface area contributed by atoms with Crippen molar-refractivity contribution in [2.75, 3.05) is 6.54 Å². The molecule has 0 atom stereocenters. The SMILES string of the molecule is O=C(NCC(=O)N1Cc2ccccc2C1)c1n[nH]nc1-c1ccccc1. The number of carbonyl (C=O) groups is 2. The molecule has 0 saturated heterocycles. The molecule has 1 aliphatic heterocycles. The molecular weight excluding hydrogens is 330 g/mol. The van der Waals surface area contributed by atoms with Crippen LogP contribution in [0.1, 0.15) is 21.6 Å². The standard InChI is InChI=1S/C19H17N5O2/c25-16(24-11-14-8-4-5-9-15(14)12-24)10-20-19(26)18-17(21-23-22-18)13-6-2-1-3-7-13/h1-9H,10-12H2,(H,20,26)(H,21,22,23). The average molecular weight is 347 g/mol. The molecule has 7 heteroatoms. The second-order valence-electron chi connectivity index (χ2n) is 6.09. The highest BCUT2D eigenvalue weighted by molar-refractivity contribution is 5.99. The minimum absolute atomic E-state index is 0.0755. The summed E-state index contributed by atoms with van der Waals surface area (Å²) >= 11 is 0. The van der Waals surface area contributed by atoms with Crippen LogP contribution in [0.2, 0.25) is 0 Å². The molecule has 1 aliphatic rings. The monoisotopic (exact) mass is 347 g/mol. The number of hydrogen-bond donors (Lipinski definition) is 2. The van der Waals surface area contributed by atoms with Crippen molar-refractivity contribution < 1.29 is 9.59 Å². The van der Waals surface area contributed by atoms with Gasteiger partial charge in [0, 0.05) is 18.7 Å². The van der Waals surface area contributed by atoms with E-state index in [1.807, 2.05) is 54.6 Å². The fourth-order valence-electron chi connectivity index (χ4n) is 3.05. The van der Waals surface area contributed by atoms with Crippen LogP contribution in [-0.4, -0.2) is 38.7 Å². The van der Waals surface area contributed by atoms with Gasteiger partial charge in [0.05, 0.1) is 6.54 Å². The van der Waals surface area contributed by atoms with Crippen molar-refractivity contribution in [2.45, 2.75) is 13.1 Å². The third kappa shape index (κ3) is 3.06. The summed E-state index contributed by atoms with van der Waals surface area (Å²) in [5.41, 5.74) is 3.72. The maximum absolute atomic E-state index is 12.4. The minimum atomic E-state index is -0.428. The first-order valence-electron chi connectivity index (χ1n) is 8.31. The molecule has 0 aliphatic carbocycles. The van der Waals surface area contributed by atoms with E-state index < -0.39 is 5.91 Å². The Balaban J connectivity index is 1.40. The van der Waals surface area contributed by atoms with Crippen LogP contribution in [0.15, 0.2) is 54.6 Å². The Hall–Kier alpha value is -3.48. The summed E-state index contributed by atoms with van der Waals surface area (Å²) in [6, 6.07) is 17.3. The predicted molar refractivity (Wildman–Crippen MR) is 94.8 cm³/mol. The highest BCUT2D eigenvalue weighted by Gasteiger charge is 2.24. The van der Waals surface area contributed by atoms with E-state index in [2.05, 4.69) is 20.7 Å². The van der Waals surface area contributed by atoms with Gasteiger partial charge in [-0.1, -0.05) is 54.6 Å². The van der Waals surface area contributed by atoms with Crippen molar-refractivity contribution in [3.05, 3.63) is 71.4 Å². The molecule has 130 valence electrons. The van der Waals surface area contributed by atoms with Gasteiger partial charge in [-0.15, -0.1) is 0 Å². The first-order valence-corrected chi connectivity index (χ1v) is 8.31. The Morgan fingerprint density at radius 2 is 1.62 bits per heavy atom. The molecule has 0 saturated carbocycles. The van der Waals surface area contributed by atoms with E-state index >= 15 is 0 Å². The molecule has 3 aromatic rings. The van der Waals surface area contributed by atoms with E-state index in [9.17, 15) is 9.59 Å². The number of aromatic nitrogens is 3. The maximum atomic E-state index is 12.4. The first kappa shape index (κ1) is 16.0. The fraction of sp³-hybridized carbons (Fsp3) is 0.158. The Labute approximate surface area is 150 Å². The second-order valence-corrected chi connectivity index (χ2v) is 6.09. The van der Waals surface area contributed by atoms with Crippen LogP contribution in [0, 0.1) is 0 Å². The third-order valence-electron chi connectivity index (χ3n) is 4.40. The molecule has 1 aromatic heterocycles. The summed E-state index contributed by atoms with van der Waals surface area (Å²) in [5.74, 6) is -0.554. The topological polar surface area (TPSA) is 91.0 Å². The van der Waals surface area contributed by atoms with Gasteiger partial charge in [0.2, 0.25) is 5.91 Å². The zero-order chi connectivity index (χ0) is 17.9. The fourth-order valence-corrected chi connectivity index (χ4v) is 3.05. The summed E-state index contributed by atoms with van der Waals surface area (Å²) in [5, 5.41) is 13.1.